The SMILES string of the molecule is CCNC(=O)OC(C)(C)SC. The highest BCUT2D eigenvalue weighted by Gasteiger charge is 2.20. The second-order valence-corrected chi connectivity index (χ2v) is 3.92. The Morgan fingerprint density at radius 3 is 2.55 bits per heavy atom. The highest BCUT2D eigenvalue weighted by Crippen LogP contribution is 2.22. The molecule has 0 atom stereocenters. The van der Waals surface area contributed by atoms with E-state index < -0.39 is 4.93 Å². The van der Waals surface area contributed by atoms with Crippen LogP contribution in [0.4, 0.5) is 4.79 Å². The zero-order chi connectivity index (χ0) is 8.91. The molecule has 0 unspecified atom stereocenters. The molecule has 66 valence electrons. The third-order valence-corrected chi connectivity index (χ3v) is 2.22. The third kappa shape index (κ3) is 4.95. The van der Waals surface area contributed by atoms with Crippen molar-refractivity contribution < 1.29 is 9.53 Å². The van der Waals surface area contributed by atoms with E-state index in [2.05, 4.69) is 5.32 Å². The normalized spacial score (nSPS) is 10.9. The molecule has 0 spiro atoms. The fraction of sp³-hybridized carbons (Fsp3) is 0.857. The Balaban J connectivity index is 3.74. The summed E-state index contributed by atoms with van der Waals surface area (Å²) in [5.41, 5.74) is 0. The fourth-order valence-corrected chi connectivity index (χ4v) is 0.604. The molecule has 0 rings (SSSR count). The largest absolute Gasteiger partial charge is 0.432 e. The zero-order valence-corrected chi connectivity index (χ0v) is 8.25. The van der Waals surface area contributed by atoms with Crippen molar-refractivity contribution in [2.24, 2.45) is 0 Å². The van der Waals surface area contributed by atoms with Gasteiger partial charge in [0.25, 0.3) is 0 Å². The maximum atomic E-state index is 10.9. The van der Waals surface area contributed by atoms with E-state index in [0.29, 0.717) is 6.54 Å². The number of ether oxygens (including phenoxy) is 1. The number of rotatable bonds is 3. The Morgan fingerprint density at radius 1 is 1.64 bits per heavy atom. The van der Waals surface area contributed by atoms with Crippen molar-refractivity contribution in [2.45, 2.75) is 25.7 Å². The van der Waals surface area contributed by atoms with Crippen LogP contribution in [0, 0.1) is 0 Å². The first-order valence-corrected chi connectivity index (χ1v) is 4.76. The van der Waals surface area contributed by atoms with Crippen LogP contribution >= 0.6 is 11.8 Å². The summed E-state index contributed by atoms with van der Waals surface area (Å²) >= 11 is 1.50. The Bertz CT molecular complexity index is 136. The molecule has 11 heavy (non-hydrogen) atoms. The summed E-state index contributed by atoms with van der Waals surface area (Å²) in [5.74, 6) is 0. The second-order valence-electron chi connectivity index (χ2n) is 2.52. The number of thioether (sulfide) groups is 1. The molecule has 0 saturated carbocycles. The monoisotopic (exact) mass is 177 g/mol. The van der Waals surface area contributed by atoms with Gasteiger partial charge in [0.05, 0.1) is 0 Å². The van der Waals surface area contributed by atoms with Gasteiger partial charge in [-0.15, -0.1) is 11.8 Å². The molecular weight excluding hydrogens is 162 g/mol. The van der Waals surface area contributed by atoms with Crippen LogP contribution in [0.3, 0.4) is 0 Å². The number of alkyl carbamates (subject to hydrolysis) is 1. The zero-order valence-electron chi connectivity index (χ0n) is 7.43. The van der Waals surface area contributed by atoms with Crippen LogP contribution in [0.2, 0.25) is 0 Å². The number of hydrogen-bond acceptors (Lipinski definition) is 3. The van der Waals surface area contributed by atoms with E-state index in [-0.39, 0.29) is 6.09 Å². The summed E-state index contributed by atoms with van der Waals surface area (Å²) in [4.78, 5) is 10.4. The van der Waals surface area contributed by atoms with Crippen LogP contribution in [0.1, 0.15) is 20.8 Å². The maximum absolute atomic E-state index is 10.9. The van der Waals surface area contributed by atoms with Gasteiger partial charge in [-0.25, -0.2) is 4.79 Å². The molecule has 0 aliphatic carbocycles. The quantitative estimate of drug-likeness (QED) is 0.668. The van der Waals surface area contributed by atoms with Gasteiger partial charge in [-0.2, -0.15) is 0 Å². The average Bonchev–Trinajstić information content (AvgIpc) is 1.87. The van der Waals surface area contributed by atoms with E-state index in [1.807, 2.05) is 27.0 Å². The van der Waals surface area contributed by atoms with Crippen molar-refractivity contribution in [1.82, 2.24) is 5.32 Å². The van der Waals surface area contributed by atoms with E-state index in [1.54, 1.807) is 0 Å². The van der Waals surface area contributed by atoms with Crippen LogP contribution in [0.15, 0.2) is 0 Å². The topological polar surface area (TPSA) is 38.3 Å². The van der Waals surface area contributed by atoms with Gasteiger partial charge in [-0.05, 0) is 27.0 Å². The summed E-state index contributed by atoms with van der Waals surface area (Å²) < 4.78 is 5.04. The molecule has 0 saturated heterocycles. The van der Waals surface area contributed by atoms with Crippen molar-refractivity contribution in [1.29, 1.82) is 0 Å². The Morgan fingerprint density at radius 2 is 2.18 bits per heavy atom. The molecule has 0 heterocycles. The number of hydrogen-bond donors (Lipinski definition) is 1. The Labute approximate surface area is 71.9 Å². The van der Waals surface area contributed by atoms with Gasteiger partial charge >= 0.3 is 6.09 Å². The van der Waals surface area contributed by atoms with Gasteiger partial charge in [0.2, 0.25) is 0 Å². The minimum absolute atomic E-state index is 0.355. The van der Waals surface area contributed by atoms with Crippen molar-refractivity contribution in [2.75, 3.05) is 12.8 Å². The lowest BCUT2D eigenvalue weighted by Crippen LogP contribution is -2.32. The molecule has 0 aliphatic rings. The molecule has 4 heteroatoms. The predicted molar refractivity (Wildman–Crippen MR) is 47.8 cm³/mol. The fourth-order valence-electron chi connectivity index (χ4n) is 0.445. The lowest BCUT2D eigenvalue weighted by molar-refractivity contribution is 0.0983. The highest BCUT2D eigenvalue weighted by atomic mass is 32.2. The van der Waals surface area contributed by atoms with Gasteiger partial charge in [-0.1, -0.05) is 0 Å². The van der Waals surface area contributed by atoms with Crippen LogP contribution in [-0.4, -0.2) is 23.8 Å². The molecule has 3 nitrogen and oxygen atoms in total. The minimum atomic E-state index is -0.431. The van der Waals surface area contributed by atoms with Crippen LogP contribution in [-0.2, 0) is 4.74 Å². The Kier molecular flexibility index (Phi) is 4.33. The van der Waals surface area contributed by atoms with Gasteiger partial charge in [0, 0.05) is 6.54 Å². The van der Waals surface area contributed by atoms with E-state index >= 15 is 0 Å². The van der Waals surface area contributed by atoms with Gasteiger partial charge in [0.1, 0.15) is 0 Å². The molecular formula is C7H15NO2S. The van der Waals surface area contributed by atoms with E-state index in [0.717, 1.165) is 0 Å². The second kappa shape index (κ2) is 4.49. The molecule has 0 aromatic heterocycles. The molecule has 0 fully saturated rings. The number of amides is 1. The summed E-state index contributed by atoms with van der Waals surface area (Å²) in [7, 11) is 0. The standard InChI is InChI=1S/C7H15NO2S/c1-5-8-6(9)10-7(2,3)11-4/h5H2,1-4H3,(H,8,9). The minimum Gasteiger partial charge on any atom is -0.432 e. The van der Waals surface area contributed by atoms with Crippen LogP contribution in [0.25, 0.3) is 0 Å². The van der Waals surface area contributed by atoms with Gasteiger partial charge < -0.3 is 10.1 Å². The van der Waals surface area contributed by atoms with E-state index in [4.69, 9.17) is 4.74 Å². The first-order chi connectivity index (χ1) is 5.02. The van der Waals surface area contributed by atoms with E-state index in [9.17, 15) is 4.79 Å². The molecule has 1 N–H and O–H groups in total. The Hall–Kier alpha value is -0.380. The summed E-state index contributed by atoms with van der Waals surface area (Å²) in [5, 5.41) is 2.56. The van der Waals surface area contributed by atoms with Crippen molar-refractivity contribution >= 4 is 17.9 Å². The lowest BCUT2D eigenvalue weighted by atomic mass is 10.5. The third-order valence-electron chi connectivity index (χ3n) is 1.15. The van der Waals surface area contributed by atoms with E-state index in [1.165, 1.54) is 11.8 Å². The van der Waals surface area contributed by atoms with Crippen LogP contribution < -0.4 is 5.32 Å². The van der Waals surface area contributed by atoms with Gasteiger partial charge in [0.15, 0.2) is 4.93 Å². The summed E-state index contributed by atoms with van der Waals surface area (Å²) in [6.45, 7) is 6.16. The molecule has 0 aliphatic heterocycles. The lowest BCUT2D eigenvalue weighted by Gasteiger charge is -2.22. The molecule has 1 amide bonds. The van der Waals surface area contributed by atoms with Gasteiger partial charge in [-0.3, -0.25) is 0 Å². The van der Waals surface area contributed by atoms with Crippen LogP contribution in [0.5, 0.6) is 0 Å². The summed E-state index contributed by atoms with van der Waals surface area (Å²) in [6, 6.07) is 0. The number of carbonyl (C=O) groups excluding carboxylic acids is 1. The molecule has 0 radical (unpaired) electrons. The highest BCUT2D eigenvalue weighted by molar-refractivity contribution is 7.99. The predicted octanol–water partition coefficient (Wildman–Crippen LogP) is 1.83. The first kappa shape index (κ1) is 10.6. The first-order valence-electron chi connectivity index (χ1n) is 3.54. The van der Waals surface area contributed by atoms with Crippen molar-refractivity contribution in [3.8, 4) is 0 Å². The number of carbonyl (C=O) groups is 1. The number of nitrogens with one attached hydrogen (secondary N) is 1. The average molecular weight is 177 g/mol. The van der Waals surface area contributed by atoms with Crippen molar-refractivity contribution in [3.63, 3.8) is 0 Å². The molecule has 0 aromatic carbocycles. The summed E-state index contributed by atoms with van der Waals surface area (Å²) in [6.07, 6.45) is 1.55. The maximum Gasteiger partial charge on any atom is 0.408 e. The molecule has 0 bridgehead atoms. The molecule has 0 aromatic rings. The van der Waals surface area contributed by atoms with Crippen molar-refractivity contribution in [3.05, 3.63) is 0 Å². The smallest absolute Gasteiger partial charge is 0.408 e.